The Bertz CT molecular complexity index is 1030. The van der Waals surface area contributed by atoms with Crippen molar-refractivity contribution in [3.63, 3.8) is 0 Å². The molecule has 2 aromatic rings. The molecular weight excluding hydrogens is 438 g/mol. The second kappa shape index (κ2) is 9.74. The average Bonchev–Trinajstić information content (AvgIpc) is 2.76. The van der Waals surface area contributed by atoms with Crippen molar-refractivity contribution in [1.82, 2.24) is 10.2 Å². The van der Waals surface area contributed by atoms with Crippen LogP contribution in [0, 0.1) is 5.41 Å². The van der Waals surface area contributed by atoms with Crippen LogP contribution in [-0.2, 0) is 29.0 Å². The molecule has 0 radical (unpaired) electrons. The summed E-state index contributed by atoms with van der Waals surface area (Å²) in [5.74, 6) is -0.242. The van der Waals surface area contributed by atoms with Gasteiger partial charge in [0, 0.05) is 13.0 Å². The molecule has 4 rings (SSSR count). The fourth-order valence-electron chi connectivity index (χ4n) is 4.76. The molecule has 0 saturated carbocycles. The highest BCUT2D eigenvalue weighted by atomic mass is 35.5. The summed E-state index contributed by atoms with van der Waals surface area (Å²) in [5, 5.41) is 13.2. The van der Waals surface area contributed by atoms with Gasteiger partial charge < -0.3 is 21.1 Å². The quantitative estimate of drug-likeness (QED) is 0.636. The Morgan fingerprint density at radius 2 is 1.85 bits per heavy atom. The molecule has 1 aliphatic carbocycles. The van der Waals surface area contributed by atoms with Crippen LogP contribution < -0.4 is 11.1 Å². The largest absolute Gasteiger partial charge is 0.508 e. The van der Waals surface area contributed by atoms with Crippen LogP contribution in [0.25, 0.3) is 0 Å². The lowest BCUT2D eigenvalue weighted by Gasteiger charge is -2.40. The van der Waals surface area contributed by atoms with Crippen LogP contribution in [0.5, 0.6) is 5.75 Å². The fourth-order valence-corrected chi connectivity index (χ4v) is 4.76. The summed E-state index contributed by atoms with van der Waals surface area (Å²) in [6, 6.07) is 12.0. The Kier molecular flexibility index (Phi) is 7.39. The molecule has 0 bridgehead atoms. The second-order valence-electron chi connectivity index (χ2n) is 10.1. The number of aryl methyl sites for hydroxylation is 1. The van der Waals surface area contributed by atoms with E-state index >= 15 is 0 Å². The number of nitrogens with one attached hydrogen (secondary N) is 1. The van der Waals surface area contributed by atoms with E-state index in [2.05, 4.69) is 17.4 Å². The van der Waals surface area contributed by atoms with Crippen molar-refractivity contribution in [3.8, 4) is 5.75 Å². The topological polar surface area (TPSA) is 95.7 Å². The lowest BCUT2D eigenvalue weighted by Crippen LogP contribution is -2.59. The van der Waals surface area contributed by atoms with Crippen molar-refractivity contribution in [1.29, 1.82) is 0 Å². The van der Waals surface area contributed by atoms with Crippen LogP contribution in [0.3, 0.4) is 0 Å². The van der Waals surface area contributed by atoms with Crippen molar-refractivity contribution in [2.45, 2.75) is 71.1 Å². The molecule has 33 heavy (non-hydrogen) atoms. The number of nitrogens with zero attached hydrogens (tertiary/aromatic N) is 1. The Hall–Kier alpha value is -2.57. The van der Waals surface area contributed by atoms with E-state index in [9.17, 15) is 14.7 Å². The third-order valence-corrected chi connectivity index (χ3v) is 6.79. The molecule has 0 spiro atoms. The number of fused-ring (bicyclic) bond motifs is 2. The summed E-state index contributed by atoms with van der Waals surface area (Å²) in [6.07, 6.45) is 3.33. The first-order valence-electron chi connectivity index (χ1n) is 11.4. The van der Waals surface area contributed by atoms with Gasteiger partial charge in [-0.1, -0.05) is 51.1 Å². The molecule has 2 aromatic carbocycles. The lowest BCUT2D eigenvalue weighted by molar-refractivity contribution is -0.145. The summed E-state index contributed by atoms with van der Waals surface area (Å²) in [7, 11) is 0. The lowest BCUT2D eigenvalue weighted by atomic mass is 9.84. The minimum Gasteiger partial charge on any atom is -0.508 e. The standard InChI is InChI=1S/C26H33N3O3.ClH/c1-26(2,3)23(27)25(32)29-15-18-13-19(30)12-11-17(18)14-22(29)24(31)28-21-10-6-8-16-7-4-5-9-20(16)21;/h4-5,7,9,11-13,21-23,30H,6,8,10,14-15,27H2,1-3H3,(H,28,31);1H/t21-,22?,23-;/m1./s1. The van der Waals surface area contributed by atoms with Gasteiger partial charge in [-0.25, -0.2) is 0 Å². The molecule has 1 heterocycles. The predicted molar refractivity (Wildman–Crippen MR) is 131 cm³/mol. The molecule has 1 aliphatic heterocycles. The molecule has 4 N–H and O–H groups in total. The smallest absolute Gasteiger partial charge is 0.243 e. The average molecular weight is 472 g/mol. The van der Waals surface area contributed by atoms with Crippen LogP contribution in [0.15, 0.2) is 42.5 Å². The van der Waals surface area contributed by atoms with E-state index in [1.165, 1.54) is 5.56 Å². The van der Waals surface area contributed by atoms with Gasteiger partial charge in [-0.3, -0.25) is 9.59 Å². The van der Waals surface area contributed by atoms with Gasteiger partial charge in [0.2, 0.25) is 11.8 Å². The number of phenolic OH excluding ortho intramolecular Hbond substituents is 1. The van der Waals surface area contributed by atoms with Crippen LogP contribution in [0.4, 0.5) is 0 Å². The molecule has 3 atom stereocenters. The maximum absolute atomic E-state index is 13.5. The SMILES string of the molecule is CC(C)(C)[C@H](N)C(=O)N1Cc2cc(O)ccc2CC1C(=O)N[C@@H]1CCCc2ccccc21.Cl. The summed E-state index contributed by atoms with van der Waals surface area (Å²) in [4.78, 5) is 28.5. The van der Waals surface area contributed by atoms with Gasteiger partial charge in [0.1, 0.15) is 11.8 Å². The zero-order valence-electron chi connectivity index (χ0n) is 19.5. The third kappa shape index (κ3) is 5.17. The zero-order valence-corrected chi connectivity index (χ0v) is 20.3. The number of phenols is 1. The van der Waals surface area contributed by atoms with Gasteiger partial charge in [-0.05, 0) is 59.1 Å². The van der Waals surface area contributed by atoms with Gasteiger partial charge in [-0.15, -0.1) is 12.4 Å². The van der Waals surface area contributed by atoms with E-state index in [0.29, 0.717) is 6.42 Å². The number of rotatable bonds is 3. The Balaban J connectivity index is 0.00000306. The highest BCUT2D eigenvalue weighted by molar-refractivity contribution is 5.91. The molecule has 0 fully saturated rings. The van der Waals surface area contributed by atoms with Crippen molar-refractivity contribution in [2.24, 2.45) is 11.1 Å². The molecule has 7 heteroatoms. The normalized spacial score (nSPS) is 20.7. The van der Waals surface area contributed by atoms with E-state index in [1.54, 1.807) is 17.0 Å². The first-order chi connectivity index (χ1) is 15.1. The summed E-state index contributed by atoms with van der Waals surface area (Å²) >= 11 is 0. The molecule has 2 amide bonds. The number of carbonyl (C=O) groups excluding carboxylic acids is 2. The molecule has 178 valence electrons. The molecule has 6 nitrogen and oxygen atoms in total. The van der Waals surface area contributed by atoms with Crippen molar-refractivity contribution in [2.75, 3.05) is 0 Å². The number of nitrogens with two attached hydrogens (primary N) is 1. The van der Waals surface area contributed by atoms with E-state index in [4.69, 9.17) is 5.73 Å². The highest BCUT2D eigenvalue weighted by Crippen LogP contribution is 2.32. The Morgan fingerprint density at radius 1 is 1.12 bits per heavy atom. The van der Waals surface area contributed by atoms with Crippen LogP contribution >= 0.6 is 12.4 Å². The van der Waals surface area contributed by atoms with E-state index in [-0.39, 0.29) is 42.6 Å². The Morgan fingerprint density at radius 3 is 2.58 bits per heavy atom. The van der Waals surface area contributed by atoms with Crippen molar-refractivity contribution in [3.05, 3.63) is 64.7 Å². The van der Waals surface area contributed by atoms with E-state index in [1.807, 2.05) is 39.0 Å². The molecule has 2 aliphatic rings. The number of carbonyl (C=O) groups is 2. The summed E-state index contributed by atoms with van der Waals surface area (Å²) in [5.41, 5.74) is 10.1. The van der Waals surface area contributed by atoms with Gasteiger partial charge in [-0.2, -0.15) is 0 Å². The second-order valence-corrected chi connectivity index (χ2v) is 10.1. The predicted octanol–water partition coefficient (Wildman–Crippen LogP) is 3.63. The van der Waals surface area contributed by atoms with Crippen LogP contribution in [-0.4, -0.2) is 33.9 Å². The highest BCUT2D eigenvalue weighted by Gasteiger charge is 2.40. The van der Waals surface area contributed by atoms with E-state index in [0.717, 1.165) is 36.0 Å². The maximum atomic E-state index is 13.5. The first kappa shape index (κ1) is 25.1. The van der Waals surface area contributed by atoms with Gasteiger partial charge in [0.25, 0.3) is 0 Å². The van der Waals surface area contributed by atoms with Gasteiger partial charge >= 0.3 is 0 Å². The number of benzene rings is 2. The molecular formula is C26H34ClN3O3. The van der Waals surface area contributed by atoms with Crippen LogP contribution in [0.1, 0.15) is 61.9 Å². The van der Waals surface area contributed by atoms with Crippen molar-refractivity contribution < 1.29 is 14.7 Å². The molecule has 1 unspecified atom stereocenters. The summed E-state index contributed by atoms with van der Waals surface area (Å²) < 4.78 is 0. The number of hydrogen-bond donors (Lipinski definition) is 3. The molecule has 0 aromatic heterocycles. The van der Waals surface area contributed by atoms with Crippen LogP contribution in [0.2, 0.25) is 0 Å². The minimum absolute atomic E-state index is 0. The monoisotopic (exact) mass is 471 g/mol. The fraction of sp³-hybridized carbons (Fsp3) is 0.462. The minimum atomic E-state index is -0.730. The third-order valence-electron chi connectivity index (χ3n) is 6.79. The Labute approximate surface area is 202 Å². The number of amides is 2. The maximum Gasteiger partial charge on any atom is 0.243 e. The van der Waals surface area contributed by atoms with E-state index < -0.39 is 17.5 Å². The van der Waals surface area contributed by atoms with Crippen molar-refractivity contribution >= 4 is 24.2 Å². The summed E-state index contributed by atoms with van der Waals surface area (Å²) in [6.45, 7) is 6.03. The van der Waals surface area contributed by atoms with Gasteiger partial charge in [0.15, 0.2) is 0 Å². The first-order valence-corrected chi connectivity index (χ1v) is 11.4. The zero-order chi connectivity index (χ0) is 23.0. The van der Waals surface area contributed by atoms with Gasteiger partial charge in [0.05, 0.1) is 12.1 Å². The number of aromatic hydroxyl groups is 1. The molecule has 0 saturated heterocycles. The number of halogens is 1. The number of hydrogen-bond acceptors (Lipinski definition) is 4.